The van der Waals surface area contributed by atoms with Crippen molar-refractivity contribution in [1.82, 2.24) is 0 Å². The fourth-order valence-corrected chi connectivity index (χ4v) is 3.62. The van der Waals surface area contributed by atoms with Gasteiger partial charge in [0.2, 0.25) is 0 Å². The van der Waals surface area contributed by atoms with E-state index in [1.807, 2.05) is 13.0 Å². The largest absolute Gasteiger partial charge is 0.378 e. The highest BCUT2D eigenvalue weighted by atomic mass is 32.1. The number of anilines is 1. The summed E-state index contributed by atoms with van der Waals surface area (Å²) < 4.78 is 13.6. The van der Waals surface area contributed by atoms with Gasteiger partial charge in [-0.05, 0) is 47.5 Å². The Labute approximate surface area is 125 Å². The van der Waals surface area contributed by atoms with Crippen molar-refractivity contribution in [2.45, 2.75) is 13.5 Å². The van der Waals surface area contributed by atoms with Crippen LogP contribution in [-0.2, 0) is 6.54 Å². The van der Waals surface area contributed by atoms with Crippen LogP contribution < -0.4 is 5.32 Å². The Morgan fingerprint density at radius 1 is 1.15 bits per heavy atom. The van der Waals surface area contributed by atoms with E-state index < -0.39 is 0 Å². The van der Waals surface area contributed by atoms with E-state index in [0.29, 0.717) is 12.2 Å². The zero-order valence-electron chi connectivity index (χ0n) is 11.0. The van der Waals surface area contributed by atoms with Crippen molar-refractivity contribution in [3.63, 3.8) is 0 Å². The maximum Gasteiger partial charge on any atom is 0.146 e. The Balaban J connectivity index is 1.71. The highest BCUT2D eigenvalue weighted by Gasteiger charge is 2.05. The lowest BCUT2D eigenvalue weighted by Crippen LogP contribution is -2.00. The van der Waals surface area contributed by atoms with Crippen molar-refractivity contribution in [2.24, 2.45) is 0 Å². The van der Waals surface area contributed by atoms with Gasteiger partial charge < -0.3 is 5.32 Å². The number of rotatable bonds is 4. The van der Waals surface area contributed by atoms with Gasteiger partial charge in [-0.25, -0.2) is 4.39 Å². The lowest BCUT2D eigenvalue weighted by Gasteiger charge is -2.07. The first-order valence-corrected chi connectivity index (χ1v) is 8.09. The molecule has 0 saturated carbocycles. The fraction of sp³-hybridized carbons (Fsp3) is 0.125. The average Bonchev–Trinajstić information content (AvgIpc) is 3.09. The summed E-state index contributed by atoms with van der Waals surface area (Å²) in [6.07, 6.45) is 0. The van der Waals surface area contributed by atoms with Crippen molar-refractivity contribution in [1.29, 1.82) is 0 Å². The first-order valence-electron chi connectivity index (χ1n) is 6.34. The number of benzene rings is 1. The summed E-state index contributed by atoms with van der Waals surface area (Å²) in [5, 5.41) is 7.39. The molecule has 0 amide bonds. The Morgan fingerprint density at radius 2 is 2.05 bits per heavy atom. The minimum Gasteiger partial charge on any atom is -0.378 e. The second-order valence-electron chi connectivity index (χ2n) is 4.62. The van der Waals surface area contributed by atoms with Gasteiger partial charge in [0.25, 0.3) is 0 Å². The first-order chi connectivity index (χ1) is 9.72. The second-order valence-corrected chi connectivity index (χ2v) is 6.56. The highest BCUT2D eigenvalue weighted by Crippen LogP contribution is 2.29. The molecule has 0 spiro atoms. The topological polar surface area (TPSA) is 12.0 Å². The molecule has 0 radical (unpaired) electrons. The molecule has 0 bridgehead atoms. The molecule has 2 aromatic heterocycles. The van der Waals surface area contributed by atoms with Crippen molar-refractivity contribution in [3.8, 4) is 10.4 Å². The van der Waals surface area contributed by atoms with Crippen LogP contribution in [0.25, 0.3) is 10.4 Å². The molecule has 0 aliphatic heterocycles. The summed E-state index contributed by atoms with van der Waals surface area (Å²) >= 11 is 3.43. The van der Waals surface area contributed by atoms with Gasteiger partial charge >= 0.3 is 0 Å². The summed E-state index contributed by atoms with van der Waals surface area (Å²) in [4.78, 5) is 2.48. The van der Waals surface area contributed by atoms with E-state index in [1.54, 1.807) is 28.7 Å². The third-order valence-electron chi connectivity index (χ3n) is 3.03. The van der Waals surface area contributed by atoms with Crippen LogP contribution in [0.15, 0.2) is 47.2 Å². The van der Waals surface area contributed by atoms with Crippen LogP contribution in [-0.4, -0.2) is 0 Å². The van der Waals surface area contributed by atoms with Crippen molar-refractivity contribution in [3.05, 3.63) is 63.4 Å². The van der Waals surface area contributed by atoms with E-state index >= 15 is 0 Å². The van der Waals surface area contributed by atoms with E-state index in [2.05, 4.69) is 34.3 Å². The third kappa shape index (κ3) is 2.92. The minimum absolute atomic E-state index is 0.203. The molecule has 1 aromatic carbocycles. The van der Waals surface area contributed by atoms with E-state index in [0.717, 1.165) is 5.56 Å². The van der Waals surface area contributed by atoms with Crippen molar-refractivity contribution in [2.75, 3.05) is 5.32 Å². The normalized spacial score (nSPS) is 10.7. The molecule has 20 heavy (non-hydrogen) atoms. The molecule has 2 heterocycles. The molecule has 3 aromatic rings. The van der Waals surface area contributed by atoms with Crippen LogP contribution in [0.4, 0.5) is 10.1 Å². The Morgan fingerprint density at radius 3 is 2.85 bits per heavy atom. The smallest absolute Gasteiger partial charge is 0.146 e. The molecule has 0 unspecified atom stereocenters. The van der Waals surface area contributed by atoms with Crippen molar-refractivity contribution >= 4 is 28.4 Å². The van der Waals surface area contributed by atoms with Gasteiger partial charge in [0, 0.05) is 21.9 Å². The van der Waals surface area contributed by atoms with Gasteiger partial charge in [-0.2, -0.15) is 0 Å². The molecule has 0 aliphatic carbocycles. The molecule has 102 valence electrons. The Kier molecular flexibility index (Phi) is 3.85. The van der Waals surface area contributed by atoms with Gasteiger partial charge in [-0.3, -0.25) is 0 Å². The number of aryl methyl sites for hydroxylation is 1. The van der Waals surface area contributed by atoms with Crippen LogP contribution in [0.2, 0.25) is 0 Å². The van der Waals surface area contributed by atoms with Gasteiger partial charge in [-0.1, -0.05) is 12.1 Å². The van der Waals surface area contributed by atoms with Crippen LogP contribution in [0, 0.1) is 12.7 Å². The zero-order chi connectivity index (χ0) is 13.9. The molecular weight excluding hydrogens is 289 g/mol. The van der Waals surface area contributed by atoms with E-state index in [-0.39, 0.29) is 5.82 Å². The first kappa shape index (κ1) is 13.3. The number of halogens is 1. The summed E-state index contributed by atoms with van der Waals surface area (Å²) in [5.74, 6) is -0.203. The predicted molar refractivity (Wildman–Crippen MR) is 86.1 cm³/mol. The number of hydrogen-bond donors (Lipinski definition) is 1. The molecule has 1 N–H and O–H groups in total. The standard InChI is InChI=1S/C16H14FNS2/c1-11-4-5-14(17)15(7-11)18-9-13-8-12(10-20-13)16-3-2-6-19-16/h2-8,10,18H,9H2,1H3. The third-order valence-corrected chi connectivity index (χ3v) is 4.89. The van der Waals surface area contributed by atoms with Crippen LogP contribution >= 0.6 is 22.7 Å². The predicted octanol–water partition coefficient (Wildman–Crippen LogP) is 5.54. The average molecular weight is 303 g/mol. The molecule has 3 rings (SSSR count). The van der Waals surface area contributed by atoms with Gasteiger partial charge in [0.1, 0.15) is 5.82 Å². The molecule has 0 atom stereocenters. The highest BCUT2D eigenvalue weighted by molar-refractivity contribution is 7.14. The van der Waals surface area contributed by atoms with Crippen molar-refractivity contribution < 1.29 is 4.39 Å². The number of nitrogens with one attached hydrogen (secondary N) is 1. The van der Waals surface area contributed by atoms with Gasteiger partial charge in [-0.15, -0.1) is 22.7 Å². The van der Waals surface area contributed by atoms with E-state index in [4.69, 9.17) is 0 Å². The molecule has 0 saturated heterocycles. The maximum atomic E-state index is 13.6. The van der Waals surface area contributed by atoms with Gasteiger partial charge in [0.05, 0.1) is 5.69 Å². The minimum atomic E-state index is -0.203. The quantitative estimate of drug-likeness (QED) is 0.667. The lowest BCUT2D eigenvalue weighted by atomic mass is 10.2. The Hall–Kier alpha value is -1.65. The van der Waals surface area contributed by atoms with E-state index in [9.17, 15) is 4.39 Å². The van der Waals surface area contributed by atoms with Crippen LogP contribution in [0.3, 0.4) is 0 Å². The Bertz CT molecular complexity index is 701. The second kappa shape index (κ2) is 5.77. The monoisotopic (exact) mass is 303 g/mol. The molecular formula is C16H14FNS2. The van der Waals surface area contributed by atoms with Crippen LogP contribution in [0.1, 0.15) is 10.4 Å². The molecule has 4 heteroatoms. The summed E-state index contributed by atoms with van der Waals surface area (Å²) in [6, 6.07) is 11.5. The lowest BCUT2D eigenvalue weighted by molar-refractivity contribution is 0.630. The molecule has 1 nitrogen and oxygen atoms in total. The van der Waals surface area contributed by atoms with Gasteiger partial charge in [0.15, 0.2) is 0 Å². The zero-order valence-corrected chi connectivity index (χ0v) is 12.7. The molecule has 0 fully saturated rings. The maximum absolute atomic E-state index is 13.6. The summed E-state index contributed by atoms with van der Waals surface area (Å²) in [6.45, 7) is 2.61. The van der Waals surface area contributed by atoms with E-state index in [1.165, 1.54) is 21.4 Å². The number of hydrogen-bond acceptors (Lipinski definition) is 3. The summed E-state index contributed by atoms with van der Waals surface area (Å²) in [7, 11) is 0. The number of thiophene rings is 2. The SMILES string of the molecule is Cc1ccc(F)c(NCc2cc(-c3cccs3)cs2)c1. The fourth-order valence-electron chi connectivity index (χ4n) is 2.00. The summed E-state index contributed by atoms with van der Waals surface area (Å²) in [5.41, 5.74) is 2.86. The van der Waals surface area contributed by atoms with Crippen LogP contribution in [0.5, 0.6) is 0 Å². The molecule has 0 aliphatic rings.